The summed E-state index contributed by atoms with van der Waals surface area (Å²) in [4.78, 5) is 0. The van der Waals surface area contributed by atoms with E-state index in [1.165, 1.54) is 3.57 Å². The molecule has 20 heavy (non-hydrogen) atoms. The third-order valence-electron chi connectivity index (χ3n) is 2.20. The highest BCUT2D eigenvalue weighted by Crippen LogP contribution is 2.06. The second-order valence-electron chi connectivity index (χ2n) is 5.49. The van der Waals surface area contributed by atoms with E-state index in [-0.39, 0.29) is 0 Å². The second-order valence-corrected chi connectivity index (χ2v) is 11.5. The van der Waals surface area contributed by atoms with E-state index >= 15 is 0 Å². The van der Waals surface area contributed by atoms with E-state index in [0.717, 1.165) is 11.1 Å². The van der Waals surface area contributed by atoms with Crippen molar-refractivity contribution >= 4 is 30.7 Å². The van der Waals surface area contributed by atoms with Crippen LogP contribution in [0.15, 0.2) is 48.1 Å². The van der Waals surface area contributed by atoms with Crippen molar-refractivity contribution in [1.82, 2.24) is 0 Å². The van der Waals surface area contributed by atoms with Crippen molar-refractivity contribution in [3.8, 4) is 23.3 Å². The molecule has 0 saturated carbocycles. The standard InChI is InChI=1S/C18H19ISi/c1-16(9-6-5-7-14-20(2,3)4)12-13-17-10-8-11-18(19)15-17/h5-6,8-11,15H,1-4H3/b6-5-,16-9-. The third-order valence-corrected chi connectivity index (χ3v) is 3.77. The minimum atomic E-state index is -1.26. The molecule has 0 amide bonds. The average Bonchev–Trinajstić information content (AvgIpc) is 2.35. The quantitative estimate of drug-likeness (QED) is 0.273. The Morgan fingerprint density at radius 2 is 2.00 bits per heavy atom. The van der Waals surface area contributed by atoms with Crippen molar-refractivity contribution in [3.05, 3.63) is 57.2 Å². The zero-order chi connectivity index (χ0) is 15.0. The molecule has 1 aromatic carbocycles. The highest BCUT2D eigenvalue weighted by atomic mass is 127. The number of halogens is 1. The fourth-order valence-electron chi connectivity index (χ4n) is 1.28. The first kappa shape index (κ1) is 16.8. The van der Waals surface area contributed by atoms with Gasteiger partial charge < -0.3 is 0 Å². The minimum absolute atomic E-state index is 1.04. The maximum atomic E-state index is 3.30. The van der Waals surface area contributed by atoms with Crippen LogP contribution < -0.4 is 0 Å². The van der Waals surface area contributed by atoms with Crippen molar-refractivity contribution in [2.45, 2.75) is 26.6 Å². The van der Waals surface area contributed by atoms with E-state index in [4.69, 9.17) is 0 Å². The summed E-state index contributed by atoms with van der Waals surface area (Å²) >= 11 is 2.30. The van der Waals surface area contributed by atoms with Gasteiger partial charge in [0.15, 0.2) is 0 Å². The first-order chi connectivity index (χ1) is 9.37. The summed E-state index contributed by atoms with van der Waals surface area (Å²) in [6.07, 6.45) is 5.86. The zero-order valence-electron chi connectivity index (χ0n) is 12.4. The summed E-state index contributed by atoms with van der Waals surface area (Å²) < 4.78 is 1.21. The Balaban J connectivity index is 2.67. The smallest absolute Gasteiger partial charge is 0.127 e. The van der Waals surface area contributed by atoms with Crippen LogP contribution in [0, 0.1) is 26.9 Å². The molecule has 2 heteroatoms. The van der Waals surface area contributed by atoms with Gasteiger partial charge in [-0.3, -0.25) is 0 Å². The predicted octanol–water partition coefficient (Wildman–Crippen LogP) is 5.03. The molecule has 0 bridgehead atoms. The molecule has 0 aliphatic carbocycles. The molecule has 0 saturated heterocycles. The summed E-state index contributed by atoms with van der Waals surface area (Å²) in [5.74, 6) is 9.41. The van der Waals surface area contributed by atoms with E-state index in [9.17, 15) is 0 Å². The molecule has 0 aliphatic heterocycles. The molecule has 0 N–H and O–H groups in total. The van der Waals surface area contributed by atoms with Crippen molar-refractivity contribution in [2.75, 3.05) is 0 Å². The summed E-state index contributed by atoms with van der Waals surface area (Å²) in [6, 6.07) is 8.19. The molecule has 0 radical (unpaired) electrons. The first-order valence-electron chi connectivity index (χ1n) is 6.50. The third kappa shape index (κ3) is 8.04. The molecule has 0 nitrogen and oxygen atoms in total. The van der Waals surface area contributed by atoms with E-state index in [1.54, 1.807) is 0 Å². The number of hydrogen-bond acceptors (Lipinski definition) is 0. The number of hydrogen-bond donors (Lipinski definition) is 0. The highest BCUT2D eigenvalue weighted by Gasteiger charge is 2.06. The SMILES string of the molecule is C/C(C#Cc1cccc(I)c1)=C/C=C\C#C[Si](C)(C)C. The van der Waals surface area contributed by atoms with Crippen LogP contribution in [-0.4, -0.2) is 8.07 Å². The fraction of sp³-hybridized carbons (Fsp3) is 0.222. The first-order valence-corrected chi connectivity index (χ1v) is 11.1. The second kappa shape index (κ2) is 8.14. The van der Waals surface area contributed by atoms with Gasteiger partial charge in [0.05, 0.1) is 0 Å². The molecule has 102 valence electrons. The predicted molar refractivity (Wildman–Crippen MR) is 100 cm³/mol. The van der Waals surface area contributed by atoms with Crippen LogP contribution in [0.25, 0.3) is 0 Å². The van der Waals surface area contributed by atoms with Gasteiger partial charge in [0.2, 0.25) is 0 Å². The molecule has 0 aliphatic rings. The molecule has 0 aromatic heterocycles. The highest BCUT2D eigenvalue weighted by molar-refractivity contribution is 14.1. The Hall–Kier alpha value is -1.23. The van der Waals surface area contributed by atoms with Gasteiger partial charge >= 0.3 is 0 Å². The largest absolute Gasteiger partial charge is 0.129 e. The Kier molecular flexibility index (Phi) is 6.85. The summed E-state index contributed by atoms with van der Waals surface area (Å²) in [5, 5.41) is 0. The van der Waals surface area contributed by atoms with Crippen molar-refractivity contribution in [2.24, 2.45) is 0 Å². The minimum Gasteiger partial charge on any atom is -0.127 e. The van der Waals surface area contributed by atoms with Crippen LogP contribution in [0.1, 0.15) is 12.5 Å². The maximum absolute atomic E-state index is 3.30. The van der Waals surface area contributed by atoms with Crippen molar-refractivity contribution in [1.29, 1.82) is 0 Å². The van der Waals surface area contributed by atoms with Gasteiger partial charge in [-0.05, 0) is 59.4 Å². The van der Waals surface area contributed by atoms with Gasteiger partial charge in [-0.25, -0.2) is 0 Å². The summed E-state index contributed by atoms with van der Waals surface area (Å²) in [7, 11) is -1.26. The Labute approximate surface area is 137 Å². The topological polar surface area (TPSA) is 0 Å². The number of benzene rings is 1. The maximum Gasteiger partial charge on any atom is 0.129 e. The monoisotopic (exact) mass is 390 g/mol. The molecular weight excluding hydrogens is 371 g/mol. The molecule has 1 aromatic rings. The lowest BCUT2D eigenvalue weighted by Gasteiger charge is -2.01. The lowest BCUT2D eigenvalue weighted by atomic mass is 10.2. The summed E-state index contributed by atoms with van der Waals surface area (Å²) in [5.41, 5.74) is 5.38. The molecule has 0 spiro atoms. The Bertz CT molecular complexity index is 638. The van der Waals surface area contributed by atoms with Gasteiger partial charge in [0.1, 0.15) is 8.07 Å². The van der Waals surface area contributed by atoms with Crippen LogP contribution in [-0.2, 0) is 0 Å². The summed E-state index contributed by atoms with van der Waals surface area (Å²) in [6.45, 7) is 8.72. The average molecular weight is 390 g/mol. The van der Waals surface area contributed by atoms with Gasteiger partial charge in [-0.1, -0.05) is 55.6 Å². The molecule has 0 atom stereocenters. The Morgan fingerprint density at radius 1 is 1.25 bits per heavy atom. The molecule has 0 heterocycles. The van der Waals surface area contributed by atoms with Crippen LogP contribution in [0.2, 0.25) is 19.6 Å². The Morgan fingerprint density at radius 3 is 2.65 bits per heavy atom. The van der Waals surface area contributed by atoms with E-state index < -0.39 is 8.07 Å². The van der Waals surface area contributed by atoms with Gasteiger partial charge in [-0.2, -0.15) is 0 Å². The molecular formula is C18H19ISi. The lowest BCUT2D eigenvalue weighted by molar-refractivity contribution is 1.56. The molecule has 1 rings (SSSR count). The molecule has 0 unspecified atom stereocenters. The van der Waals surface area contributed by atoms with Crippen LogP contribution in [0.4, 0.5) is 0 Å². The van der Waals surface area contributed by atoms with E-state index in [1.807, 2.05) is 37.3 Å². The molecule has 0 fully saturated rings. The number of rotatable bonds is 1. The van der Waals surface area contributed by atoms with Crippen molar-refractivity contribution in [3.63, 3.8) is 0 Å². The van der Waals surface area contributed by atoms with Gasteiger partial charge in [-0.15, -0.1) is 5.54 Å². The van der Waals surface area contributed by atoms with Crippen LogP contribution in [0.3, 0.4) is 0 Å². The van der Waals surface area contributed by atoms with Crippen LogP contribution >= 0.6 is 22.6 Å². The fourth-order valence-corrected chi connectivity index (χ4v) is 2.34. The van der Waals surface area contributed by atoms with Crippen molar-refractivity contribution < 1.29 is 0 Å². The van der Waals surface area contributed by atoms with Crippen LogP contribution in [0.5, 0.6) is 0 Å². The zero-order valence-corrected chi connectivity index (χ0v) is 15.6. The normalized spacial score (nSPS) is 11.6. The lowest BCUT2D eigenvalue weighted by Crippen LogP contribution is -2.16. The van der Waals surface area contributed by atoms with Gasteiger partial charge in [0.25, 0.3) is 0 Å². The van der Waals surface area contributed by atoms with E-state index in [0.29, 0.717) is 0 Å². The van der Waals surface area contributed by atoms with E-state index in [2.05, 4.69) is 77.7 Å². The number of allylic oxidation sites excluding steroid dienone is 4. The van der Waals surface area contributed by atoms with Gasteiger partial charge in [0, 0.05) is 9.13 Å².